The van der Waals surface area contributed by atoms with E-state index in [1.165, 1.54) is 48.9 Å². The number of hydrogen-bond donors (Lipinski definition) is 3. The molecule has 3 N–H and O–H groups in total. The van der Waals surface area contributed by atoms with Crippen molar-refractivity contribution in [2.24, 2.45) is 0 Å². The number of alkyl halides is 1. The number of aromatic carboxylic acids is 3. The van der Waals surface area contributed by atoms with E-state index in [1.807, 2.05) is 0 Å². The third kappa shape index (κ3) is 21.5. The van der Waals surface area contributed by atoms with Gasteiger partial charge in [-0.2, -0.15) is 13.3 Å². The number of hydrogen-bond acceptors (Lipinski definition) is 3. The molecule has 0 saturated heterocycles. The van der Waals surface area contributed by atoms with Crippen molar-refractivity contribution in [2.75, 3.05) is 5.33 Å². The van der Waals surface area contributed by atoms with E-state index in [1.54, 1.807) is 12.2 Å². The van der Waals surface area contributed by atoms with Gasteiger partial charge in [0.2, 0.25) is 0 Å². The summed E-state index contributed by atoms with van der Waals surface area (Å²) in [5.74, 6) is -4.39. The van der Waals surface area contributed by atoms with Crippen molar-refractivity contribution >= 4 is 33.8 Å². The molecule has 3 aromatic carbocycles. The summed E-state index contributed by atoms with van der Waals surface area (Å²) in [7, 11) is 0. The van der Waals surface area contributed by atoms with Gasteiger partial charge in [-0.25, -0.2) is 27.6 Å². The second kappa shape index (κ2) is 27.7. The molecule has 0 saturated carbocycles. The first-order valence-electron chi connectivity index (χ1n) is 13.0. The summed E-state index contributed by atoms with van der Waals surface area (Å²) < 4.78 is 37.8. The molecule has 6 nitrogen and oxygen atoms in total. The van der Waals surface area contributed by atoms with Crippen LogP contribution in [0.3, 0.4) is 0 Å². The number of rotatable bonds is 9. The van der Waals surface area contributed by atoms with Gasteiger partial charge < -0.3 is 21.7 Å². The van der Waals surface area contributed by atoms with E-state index in [0.717, 1.165) is 29.6 Å². The predicted molar refractivity (Wildman–Crippen MR) is 172 cm³/mol. The first kappa shape index (κ1) is 45.6. The van der Waals surface area contributed by atoms with E-state index in [0.29, 0.717) is 24.0 Å². The SMILES string of the molecule is C=CCBr.C=CCc1cc(C(=O)O)ccc1F.C=CCc1cc(F)ccc1C(=O)O.C[CH-]CC.O=C(O)c1ccc(F)cc1.[Li+]. The van der Waals surface area contributed by atoms with Crippen LogP contribution in [0, 0.1) is 23.9 Å². The zero-order chi connectivity index (χ0) is 34.1. The van der Waals surface area contributed by atoms with Gasteiger partial charge in [-0.15, -0.1) is 19.7 Å². The van der Waals surface area contributed by atoms with Crippen molar-refractivity contribution in [3.63, 3.8) is 0 Å². The second-order valence-corrected chi connectivity index (χ2v) is 8.92. The van der Waals surface area contributed by atoms with Crippen LogP contribution in [0.25, 0.3) is 0 Å². The molecule has 0 bridgehead atoms. The molecular weight excluding hydrogens is 648 g/mol. The maximum absolute atomic E-state index is 13.0. The van der Waals surface area contributed by atoms with Crippen molar-refractivity contribution in [1.29, 1.82) is 0 Å². The van der Waals surface area contributed by atoms with Crippen LogP contribution < -0.4 is 18.9 Å². The number of unbranched alkanes of at least 4 members (excludes halogenated alkanes) is 1. The molecular formula is C34H37BrF3LiO6. The molecule has 0 aliphatic carbocycles. The Morgan fingerprint density at radius 2 is 1.18 bits per heavy atom. The Morgan fingerprint density at radius 1 is 0.733 bits per heavy atom. The molecule has 0 heterocycles. The minimum atomic E-state index is -1.05. The van der Waals surface area contributed by atoms with Gasteiger partial charge in [0.15, 0.2) is 0 Å². The second-order valence-electron chi connectivity index (χ2n) is 8.28. The molecule has 0 radical (unpaired) electrons. The first-order valence-corrected chi connectivity index (χ1v) is 14.1. The maximum atomic E-state index is 13.0. The summed E-state index contributed by atoms with van der Waals surface area (Å²) in [4.78, 5) is 31.4. The molecule has 0 fully saturated rings. The summed E-state index contributed by atoms with van der Waals surface area (Å²) in [6.07, 6.45) is 8.89. The van der Waals surface area contributed by atoms with E-state index in [4.69, 9.17) is 15.3 Å². The number of allylic oxidation sites excluding steroid dienone is 3. The fourth-order valence-electron chi connectivity index (χ4n) is 2.71. The predicted octanol–water partition coefficient (Wildman–Crippen LogP) is 6.22. The summed E-state index contributed by atoms with van der Waals surface area (Å²) >= 11 is 3.13. The van der Waals surface area contributed by atoms with Crippen LogP contribution in [0.15, 0.2) is 98.6 Å². The largest absolute Gasteiger partial charge is 1.00 e. The van der Waals surface area contributed by atoms with Crippen molar-refractivity contribution in [1.82, 2.24) is 0 Å². The van der Waals surface area contributed by atoms with E-state index >= 15 is 0 Å². The van der Waals surface area contributed by atoms with Crippen LogP contribution in [0.5, 0.6) is 0 Å². The van der Waals surface area contributed by atoms with Crippen molar-refractivity contribution in [3.05, 3.63) is 150 Å². The molecule has 0 unspecified atom stereocenters. The summed E-state index contributed by atoms with van der Waals surface area (Å²) in [5.41, 5.74) is 1.12. The van der Waals surface area contributed by atoms with Crippen molar-refractivity contribution < 1.29 is 61.7 Å². The third-order valence-corrected chi connectivity index (χ3v) is 5.39. The Kier molecular flexibility index (Phi) is 28.0. The Bertz CT molecular complexity index is 1350. The third-order valence-electron chi connectivity index (χ3n) is 4.93. The zero-order valence-corrected chi connectivity index (χ0v) is 27.2. The first-order chi connectivity index (χ1) is 20.8. The van der Waals surface area contributed by atoms with Crippen LogP contribution in [-0.4, -0.2) is 38.6 Å². The summed E-state index contributed by atoms with van der Waals surface area (Å²) in [6.45, 7) is 14.5. The van der Waals surface area contributed by atoms with Gasteiger partial charge in [0.1, 0.15) is 17.5 Å². The van der Waals surface area contributed by atoms with Gasteiger partial charge in [-0.05, 0) is 84.6 Å². The minimum Gasteiger partial charge on any atom is -0.478 e. The molecule has 0 aromatic heterocycles. The average Bonchev–Trinajstić information content (AvgIpc) is 2.99. The van der Waals surface area contributed by atoms with Crippen molar-refractivity contribution in [3.8, 4) is 0 Å². The Labute approximate surface area is 283 Å². The maximum Gasteiger partial charge on any atom is 1.00 e. The van der Waals surface area contributed by atoms with Gasteiger partial charge in [0, 0.05) is 5.33 Å². The van der Waals surface area contributed by atoms with E-state index in [2.05, 4.69) is 55.9 Å². The van der Waals surface area contributed by atoms with Crippen LogP contribution in [0.4, 0.5) is 13.2 Å². The number of halogens is 4. The average molecular weight is 686 g/mol. The van der Waals surface area contributed by atoms with E-state index < -0.39 is 35.4 Å². The molecule has 0 spiro atoms. The monoisotopic (exact) mass is 684 g/mol. The molecule has 45 heavy (non-hydrogen) atoms. The molecule has 0 atom stereocenters. The number of carboxylic acid groups (broad SMARTS) is 3. The van der Waals surface area contributed by atoms with Gasteiger partial charge in [-0.1, -0.05) is 41.1 Å². The quantitative estimate of drug-likeness (QED) is 0.107. The number of carbonyl (C=O) groups is 3. The van der Waals surface area contributed by atoms with Crippen molar-refractivity contribution in [2.45, 2.75) is 33.1 Å². The van der Waals surface area contributed by atoms with Gasteiger partial charge in [0.25, 0.3) is 0 Å². The standard InChI is InChI=1S/2C10H9FO2.C7H5FO2.C4H9.C3H5Br.Li/c1-2-3-7-6-8(11)4-5-9(7)10(12)13;1-2-3-7-6-8(10(12)13)4-5-9(7)11;8-6-3-1-5(2-4-6)7(9)10;1-3-4-2;1-2-3-4;/h2*2,4-6H,1,3H2,(H,12,13);1-4H,(H,9,10);3H,4H2,1-2H3;2H,1,3H2;/q;;;-1;;+1. The van der Waals surface area contributed by atoms with E-state index in [9.17, 15) is 27.6 Å². The molecule has 11 heteroatoms. The zero-order valence-electron chi connectivity index (χ0n) is 25.6. The molecule has 3 rings (SSSR count). The molecule has 0 aliphatic rings. The van der Waals surface area contributed by atoms with Crippen LogP contribution >= 0.6 is 15.9 Å². The van der Waals surface area contributed by atoms with E-state index in [-0.39, 0.29) is 35.6 Å². The molecule has 3 aromatic rings. The minimum absolute atomic E-state index is 0. The molecule has 0 amide bonds. The van der Waals surface area contributed by atoms with Crippen LogP contribution in [0.2, 0.25) is 0 Å². The molecule has 0 aliphatic heterocycles. The Morgan fingerprint density at radius 3 is 1.58 bits per heavy atom. The fourth-order valence-corrected chi connectivity index (χ4v) is 2.71. The van der Waals surface area contributed by atoms with Gasteiger partial charge in [-0.3, -0.25) is 0 Å². The van der Waals surface area contributed by atoms with Crippen LogP contribution in [0.1, 0.15) is 62.5 Å². The van der Waals surface area contributed by atoms with Gasteiger partial charge in [0.05, 0.1) is 16.7 Å². The Hall–Kier alpha value is -3.84. The topological polar surface area (TPSA) is 112 Å². The normalized spacial score (nSPS) is 8.84. The Balaban J connectivity index is -0.000000523. The number of benzene rings is 3. The van der Waals surface area contributed by atoms with Crippen LogP contribution in [-0.2, 0) is 12.8 Å². The van der Waals surface area contributed by atoms with Gasteiger partial charge >= 0.3 is 36.8 Å². The molecule has 238 valence electrons. The summed E-state index contributed by atoms with van der Waals surface area (Å²) in [5, 5.41) is 26.6. The fraction of sp³-hybridized carbons (Fsp3) is 0.176. The smallest absolute Gasteiger partial charge is 0.478 e. The summed E-state index contributed by atoms with van der Waals surface area (Å²) in [6, 6.07) is 12.0. The number of carboxylic acids is 3.